The van der Waals surface area contributed by atoms with Gasteiger partial charge >= 0.3 is 0 Å². The number of carbonyl (C=O) groups excluding carboxylic acids is 1. The summed E-state index contributed by atoms with van der Waals surface area (Å²) in [6, 6.07) is 4.11. The van der Waals surface area contributed by atoms with Crippen LogP contribution in [-0.4, -0.2) is 56.2 Å². The summed E-state index contributed by atoms with van der Waals surface area (Å²) in [6.07, 6.45) is 9.88. The first kappa shape index (κ1) is 23.6. The third-order valence-electron chi connectivity index (χ3n) is 6.88. The monoisotopic (exact) mass is 448 g/mol. The summed E-state index contributed by atoms with van der Waals surface area (Å²) < 4.78 is 2.95. The number of hydrogen-bond donors (Lipinski definition) is 0. The molecule has 3 aromatic rings. The van der Waals surface area contributed by atoms with Crippen LogP contribution in [0.5, 0.6) is 0 Å². The van der Waals surface area contributed by atoms with Gasteiger partial charge in [0.05, 0.1) is 38.1 Å². The van der Waals surface area contributed by atoms with Gasteiger partial charge in [-0.3, -0.25) is 19.4 Å². The fourth-order valence-corrected chi connectivity index (χ4v) is 5.64. The van der Waals surface area contributed by atoms with E-state index in [1.54, 1.807) is 4.68 Å². The number of hydrogen-bond acceptors (Lipinski definition) is 4. The minimum absolute atomic E-state index is 0.163. The minimum atomic E-state index is 0.163. The molecule has 0 bridgehead atoms. The molecular formula is C27H38N5O+. The topological polar surface area (TPSA) is 60.7 Å². The number of likely N-dealkylation sites (tertiary alicyclic amines) is 1. The first-order chi connectivity index (χ1) is 15.7. The van der Waals surface area contributed by atoms with Gasteiger partial charge in [0.1, 0.15) is 5.78 Å². The Morgan fingerprint density at radius 2 is 1.67 bits per heavy atom. The van der Waals surface area contributed by atoms with Gasteiger partial charge in [-0.05, 0) is 17.5 Å². The van der Waals surface area contributed by atoms with Crippen LogP contribution in [0, 0.1) is 17.8 Å². The molecule has 176 valence electrons. The highest BCUT2D eigenvalue weighted by atomic mass is 16.1. The summed E-state index contributed by atoms with van der Waals surface area (Å²) in [4.78, 5) is 22.3. The van der Waals surface area contributed by atoms with Crippen LogP contribution in [0.15, 0.2) is 36.9 Å². The molecular weight excluding hydrogens is 410 g/mol. The molecule has 1 aliphatic rings. The zero-order valence-corrected chi connectivity index (χ0v) is 20.8. The van der Waals surface area contributed by atoms with Crippen LogP contribution in [-0.2, 0) is 18.3 Å². The van der Waals surface area contributed by atoms with Crippen molar-refractivity contribution in [3.05, 3.63) is 42.6 Å². The summed E-state index contributed by atoms with van der Waals surface area (Å²) >= 11 is 0. The second kappa shape index (κ2) is 9.72. The van der Waals surface area contributed by atoms with Gasteiger partial charge in [-0.2, -0.15) is 5.10 Å². The molecule has 0 aromatic carbocycles. The summed E-state index contributed by atoms with van der Waals surface area (Å²) in [7, 11) is 1.90. The fraction of sp³-hybridized carbons (Fsp3) is 0.556. The SMILES string of the molecule is CC(C)C[N+]1(CC(C)C)CCC(C(=O)Cc2cc3cc(-c4cnn(C)c4)ncc3cn2)CC1. The van der Waals surface area contributed by atoms with Gasteiger partial charge < -0.3 is 4.48 Å². The normalized spacial score (nSPS) is 16.7. The number of nitrogens with zero attached hydrogens (tertiary/aromatic N) is 5. The molecule has 6 heteroatoms. The molecule has 4 rings (SSSR count). The molecule has 3 aromatic heterocycles. The molecule has 4 heterocycles. The molecule has 0 spiro atoms. The van der Waals surface area contributed by atoms with Gasteiger partial charge in [0.25, 0.3) is 0 Å². The Kier molecular flexibility index (Phi) is 6.94. The van der Waals surface area contributed by atoms with E-state index in [1.807, 2.05) is 31.8 Å². The highest BCUT2D eigenvalue weighted by molar-refractivity contribution is 5.87. The predicted molar refractivity (Wildman–Crippen MR) is 133 cm³/mol. The Morgan fingerprint density at radius 1 is 1.00 bits per heavy atom. The van der Waals surface area contributed by atoms with Gasteiger partial charge in [-0.1, -0.05) is 27.7 Å². The average molecular weight is 449 g/mol. The highest BCUT2D eigenvalue weighted by Crippen LogP contribution is 2.29. The van der Waals surface area contributed by atoms with Crippen molar-refractivity contribution in [2.45, 2.75) is 47.0 Å². The molecule has 0 atom stereocenters. The van der Waals surface area contributed by atoms with Crippen molar-refractivity contribution in [1.29, 1.82) is 0 Å². The Balaban J connectivity index is 1.44. The first-order valence-corrected chi connectivity index (χ1v) is 12.3. The van der Waals surface area contributed by atoms with Crippen LogP contribution < -0.4 is 0 Å². The number of Topliss-reactive ketones (excluding diaryl/α,β-unsaturated/α-hetero) is 1. The standard InChI is InChI=1S/C27H38N5O/c1-19(2)17-32(18-20(3)4)8-6-21(7-9-32)27(33)12-25-10-22-11-26(24-15-30-31(5)16-24)29-14-23(22)13-28-25/h10-11,13-16,19-21H,6-9,12,17-18H2,1-5H3/q+1. The van der Waals surface area contributed by atoms with E-state index in [4.69, 9.17) is 0 Å². The number of rotatable bonds is 8. The van der Waals surface area contributed by atoms with E-state index < -0.39 is 0 Å². The van der Waals surface area contributed by atoms with E-state index in [-0.39, 0.29) is 5.92 Å². The van der Waals surface area contributed by atoms with Crippen molar-refractivity contribution in [1.82, 2.24) is 19.7 Å². The number of fused-ring (bicyclic) bond motifs is 1. The van der Waals surface area contributed by atoms with Crippen LogP contribution in [0.4, 0.5) is 0 Å². The lowest BCUT2D eigenvalue weighted by Crippen LogP contribution is -2.57. The third kappa shape index (κ3) is 5.67. The molecule has 0 unspecified atom stereocenters. The molecule has 6 nitrogen and oxygen atoms in total. The van der Waals surface area contributed by atoms with Gasteiger partial charge in [-0.25, -0.2) is 0 Å². The highest BCUT2D eigenvalue weighted by Gasteiger charge is 2.37. The number of aromatic nitrogens is 4. The summed E-state index contributed by atoms with van der Waals surface area (Å²) in [5.41, 5.74) is 2.72. The van der Waals surface area contributed by atoms with Crippen LogP contribution >= 0.6 is 0 Å². The lowest BCUT2D eigenvalue weighted by Gasteiger charge is -2.45. The molecule has 0 saturated carbocycles. The van der Waals surface area contributed by atoms with Crippen LogP contribution in [0.25, 0.3) is 22.0 Å². The van der Waals surface area contributed by atoms with Crippen molar-refractivity contribution in [3.8, 4) is 11.3 Å². The van der Waals surface area contributed by atoms with Crippen LogP contribution in [0.1, 0.15) is 46.2 Å². The number of quaternary nitrogens is 1. The maximum Gasteiger partial charge on any atom is 0.142 e. The Hall–Kier alpha value is -2.60. The van der Waals surface area contributed by atoms with Crippen LogP contribution in [0.3, 0.4) is 0 Å². The van der Waals surface area contributed by atoms with Crippen LogP contribution in [0.2, 0.25) is 0 Å². The maximum atomic E-state index is 13.2. The first-order valence-electron chi connectivity index (χ1n) is 12.3. The molecule has 0 N–H and O–H groups in total. The van der Waals surface area contributed by atoms with E-state index in [1.165, 1.54) is 17.6 Å². The molecule has 0 amide bonds. The average Bonchev–Trinajstić information content (AvgIpc) is 3.19. The fourth-order valence-electron chi connectivity index (χ4n) is 5.64. The smallest absolute Gasteiger partial charge is 0.142 e. The van der Waals surface area contributed by atoms with Crippen molar-refractivity contribution < 1.29 is 9.28 Å². The number of carbonyl (C=O) groups is 1. The summed E-state index contributed by atoms with van der Waals surface area (Å²) in [6.45, 7) is 14.0. The summed E-state index contributed by atoms with van der Waals surface area (Å²) in [5.74, 6) is 1.87. The van der Waals surface area contributed by atoms with E-state index in [9.17, 15) is 4.79 Å². The van der Waals surface area contributed by atoms with E-state index >= 15 is 0 Å². The Labute approximate surface area is 197 Å². The van der Waals surface area contributed by atoms with Gasteiger partial charge in [-0.15, -0.1) is 0 Å². The Bertz CT molecular complexity index is 1100. The quantitative estimate of drug-likeness (QED) is 0.470. The van der Waals surface area contributed by atoms with Gasteiger partial charge in [0, 0.05) is 79.3 Å². The van der Waals surface area contributed by atoms with Gasteiger partial charge in [0.2, 0.25) is 0 Å². The van der Waals surface area contributed by atoms with E-state index in [0.29, 0.717) is 24.0 Å². The lowest BCUT2D eigenvalue weighted by molar-refractivity contribution is -0.938. The minimum Gasteiger partial charge on any atom is -0.323 e. The maximum absolute atomic E-state index is 13.2. The zero-order valence-electron chi connectivity index (χ0n) is 20.8. The van der Waals surface area contributed by atoms with Crippen molar-refractivity contribution in [3.63, 3.8) is 0 Å². The number of aryl methyl sites for hydroxylation is 1. The van der Waals surface area contributed by atoms with E-state index in [0.717, 1.165) is 53.7 Å². The molecule has 1 fully saturated rings. The summed E-state index contributed by atoms with van der Waals surface area (Å²) in [5, 5.41) is 6.29. The number of piperidine rings is 1. The largest absolute Gasteiger partial charge is 0.323 e. The van der Waals surface area contributed by atoms with Crippen molar-refractivity contribution in [2.75, 3.05) is 26.2 Å². The van der Waals surface area contributed by atoms with Crippen molar-refractivity contribution >= 4 is 16.6 Å². The molecule has 33 heavy (non-hydrogen) atoms. The second-order valence-corrected chi connectivity index (χ2v) is 10.9. The lowest BCUT2D eigenvalue weighted by atomic mass is 9.87. The molecule has 0 radical (unpaired) electrons. The molecule has 1 aliphatic heterocycles. The van der Waals surface area contributed by atoms with E-state index in [2.05, 4.69) is 54.9 Å². The Morgan fingerprint density at radius 3 is 2.27 bits per heavy atom. The second-order valence-electron chi connectivity index (χ2n) is 10.9. The van der Waals surface area contributed by atoms with Gasteiger partial charge in [0.15, 0.2) is 0 Å². The third-order valence-corrected chi connectivity index (χ3v) is 6.88. The zero-order chi connectivity index (χ0) is 23.6. The number of ketones is 1. The molecule has 1 saturated heterocycles. The molecule has 0 aliphatic carbocycles. The van der Waals surface area contributed by atoms with Crippen molar-refractivity contribution in [2.24, 2.45) is 24.8 Å². The number of pyridine rings is 2. The predicted octanol–water partition coefficient (Wildman–Crippen LogP) is 4.68.